The van der Waals surface area contributed by atoms with Gasteiger partial charge in [0, 0.05) is 22.8 Å². The first-order valence-corrected chi connectivity index (χ1v) is 5.34. The molecule has 2 heterocycles. The molecule has 16 heavy (non-hydrogen) atoms. The van der Waals surface area contributed by atoms with E-state index < -0.39 is 0 Å². The molecule has 0 saturated heterocycles. The molecule has 2 heteroatoms. The maximum absolute atomic E-state index is 4.42. The van der Waals surface area contributed by atoms with Gasteiger partial charge in [-0.15, -0.1) is 0 Å². The van der Waals surface area contributed by atoms with Crippen molar-refractivity contribution in [2.45, 2.75) is 6.92 Å². The zero-order chi connectivity index (χ0) is 11.0. The molecule has 0 bridgehead atoms. The van der Waals surface area contributed by atoms with Gasteiger partial charge < -0.3 is 4.98 Å². The molecule has 0 aliphatic rings. The third kappa shape index (κ3) is 1.48. The molecule has 0 fully saturated rings. The maximum atomic E-state index is 4.42. The molecule has 0 spiro atoms. The molecule has 0 saturated carbocycles. The van der Waals surface area contributed by atoms with Gasteiger partial charge in [0.25, 0.3) is 0 Å². The highest BCUT2D eigenvalue weighted by Crippen LogP contribution is 2.22. The van der Waals surface area contributed by atoms with E-state index in [1.165, 1.54) is 10.9 Å². The Morgan fingerprint density at radius 2 is 1.81 bits per heavy atom. The average molecular weight is 208 g/mol. The first kappa shape index (κ1) is 9.16. The molecule has 2 nitrogen and oxygen atoms in total. The monoisotopic (exact) mass is 208 g/mol. The summed E-state index contributed by atoms with van der Waals surface area (Å²) < 4.78 is 0. The second-order valence-corrected chi connectivity index (χ2v) is 3.98. The van der Waals surface area contributed by atoms with E-state index in [1.807, 2.05) is 31.3 Å². The highest BCUT2D eigenvalue weighted by Gasteiger charge is 2.02. The van der Waals surface area contributed by atoms with Crippen LogP contribution in [0.15, 0.2) is 48.7 Å². The first-order chi connectivity index (χ1) is 7.83. The quantitative estimate of drug-likeness (QED) is 0.651. The molecule has 2 aromatic heterocycles. The molecule has 0 aliphatic carbocycles. The Balaban J connectivity index is 2.18. The third-order valence-electron chi connectivity index (χ3n) is 2.71. The topological polar surface area (TPSA) is 28.7 Å². The number of nitrogens with zero attached hydrogens (tertiary/aromatic N) is 1. The zero-order valence-corrected chi connectivity index (χ0v) is 9.07. The number of fused-ring (bicyclic) bond motifs is 1. The Kier molecular flexibility index (Phi) is 2.00. The fraction of sp³-hybridized carbons (Fsp3) is 0.0714. The van der Waals surface area contributed by atoms with Gasteiger partial charge in [-0.05, 0) is 24.6 Å². The molecule has 0 radical (unpaired) electrons. The van der Waals surface area contributed by atoms with E-state index in [2.05, 4.69) is 34.2 Å². The van der Waals surface area contributed by atoms with E-state index in [0.717, 1.165) is 16.9 Å². The lowest BCUT2D eigenvalue weighted by atomic mass is 10.1. The van der Waals surface area contributed by atoms with E-state index in [-0.39, 0.29) is 0 Å². The van der Waals surface area contributed by atoms with Crippen molar-refractivity contribution in [3.05, 3.63) is 54.4 Å². The Morgan fingerprint density at radius 3 is 2.62 bits per heavy atom. The summed E-state index contributed by atoms with van der Waals surface area (Å²) in [6.45, 7) is 2.05. The molecule has 3 rings (SSSR count). The molecule has 0 amide bonds. The van der Waals surface area contributed by atoms with Crippen LogP contribution in [0.3, 0.4) is 0 Å². The van der Waals surface area contributed by atoms with Gasteiger partial charge in [-0.1, -0.05) is 30.3 Å². The number of aromatic amines is 1. The Hall–Kier alpha value is -2.09. The second-order valence-electron chi connectivity index (χ2n) is 3.98. The van der Waals surface area contributed by atoms with Crippen LogP contribution in [0, 0.1) is 6.92 Å². The van der Waals surface area contributed by atoms with Crippen molar-refractivity contribution < 1.29 is 0 Å². The molecular weight excluding hydrogens is 196 g/mol. The number of pyridine rings is 1. The van der Waals surface area contributed by atoms with Crippen LogP contribution in [0.1, 0.15) is 5.69 Å². The zero-order valence-electron chi connectivity index (χ0n) is 9.07. The Morgan fingerprint density at radius 1 is 1.00 bits per heavy atom. The largest absolute Gasteiger partial charge is 0.344 e. The van der Waals surface area contributed by atoms with E-state index in [0.29, 0.717) is 0 Å². The van der Waals surface area contributed by atoms with Gasteiger partial charge in [-0.25, -0.2) is 4.98 Å². The standard InChI is InChI=1S/C14H12N2/c1-10-7-12-8-13(9-15-14(12)16-10)11-5-3-2-4-6-11/h2-9H,1H3,(H,15,16). The number of aryl methyl sites for hydroxylation is 1. The maximum Gasteiger partial charge on any atom is 0.137 e. The number of rotatable bonds is 1. The minimum Gasteiger partial charge on any atom is -0.344 e. The van der Waals surface area contributed by atoms with Crippen molar-refractivity contribution in [1.82, 2.24) is 9.97 Å². The van der Waals surface area contributed by atoms with Gasteiger partial charge in [-0.2, -0.15) is 0 Å². The van der Waals surface area contributed by atoms with Crippen LogP contribution in [0.5, 0.6) is 0 Å². The summed E-state index contributed by atoms with van der Waals surface area (Å²) in [5, 5.41) is 1.17. The highest BCUT2D eigenvalue weighted by molar-refractivity contribution is 5.82. The van der Waals surface area contributed by atoms with E-state index in [9.17, 15) is 0 Å². The van der Waals surface area contributed by atoms with Crippen molar-refractivity contribution >= 4 is 11.0 Å². The Bertz CT molecular complexity index is 624. The number of hydrogen-bond acceptors (Lipinski definition) is 1. The number of H-pyrrole nitrogens is 1. The SMILES string of the molecule is Cc1cc2cc(-c3ccccc3)cnc2[nH]1. The lowest BCUT2D eigenvalue weighted by Crippen LogP contribution is -1.80. The van der Waals surface area contributed by atoms with Gasteiger partial charge >= 0.3 is 0 Å². The van der Waals surface area contributed by atoms with Crippen molar-refractivity contribution in [3.8, 4) is 11.1 Å². The lowest BCUT2D eigenvalue weighted by molar-refractivity contribution is 1.25. The summed E-state index contributed by atoms with van der Waals surface area (Å²) in [5.74, 6) is 0. The summed E-state index contributed by atoms with van der Waals surface area (Å²) in [5.41, 5.74) is 4.47. The minimum absolute atomic E-state index is 0.956. The number of aromatic nitrogens is 2. The molecule has 3 aromatic rings. The van der Waals surface area contributed by atoms with Gasteiger partial charge in [-0.3, -0.25) is 0 Å². The smallest absolute Gasteiger partial charge is 0.137 e. The van der Waals surface area contributed by atoms with E-state index in [4.69, 9.17) is 0 Å². The van der Waals surface area contributed by atoms with Crippen LogP contribution in [0.25, 0.3) is 22.2 Å². The summed E-state index contributed by atoms with van der Waals surface area (Å²) in [6.07, 6.45) is 1.91. The molecule has 0 atom stereocenters. The minimum atomic E-state index is 0.956. The van der Waals surface area contributed by atoms with Crippen LogP contribution < -0.4 is 0 Å². The summed E-state index contributed by atoms with van der Waals surface area (Å²) in [7, 11) is 0. The third-order valence-corrected chi connectivity index (χ3v) is 2.71. The van der Waals surface area contributed by atoms with Crippen molar-refractivity contribution in [1.29, 1.82) is 0 Å². The summed E-state index contributed by atoms with van der Waals surface area (Å²) in [6, 6.07) is 14.6. The molecular formula is C14H12N2. The number of benzene rings is 1. The van der Waals surface area contributed by atoms with E-state index in [1.54, 1.807) is 0 Å². The molecule has 1 aromatic carbocycles. The normalized spacial score (nSPS) is 10.8. The van der Waals surface area contributed by atoms with Crippen molar-refractivity contribution in [2.75, 3.05) is 0 Å². The highest BCUT2D eigenvalue weighted by atomic mass is 14.8. The molecule has 0 unspecified atom stereocenters. The van der Waals surface area contributed by atoms with Gasteiger partial charge in [0.05, 0.1) is 0 Å². The lowest BCUT2D eigenvalue weighted by Gasteiger charge is -2.00. The molecule has 78 valence electrons. The molecule has 1 N–H and O–H groups in total. The summed E-state index contributed by atoms with van der Waals surface area (Å²) >= 11 is 0. The van der Waals surface area contributed by atoms with Gasteiger partial charge in [0.2, 0.25) is 0 Å². The van der Waals surface area contributed by atoms with Crippen LogP contribution in [0.4, 0.5) is 0 Å². The van der Waals surface area contributed by atoms with Gasteiger partial charge in [0.1, 0.15) is 5.65 Å². The predicted molar refractivity (Wildman–Crippen MR) is 66.3 cm³/mol. The van der Waals surface area contributed by atoms with Crippen LogP contribution in [-0.2, 0) is 0 Å². The first-order valence-electron chi connectivity index (χ1n) is 5.34. The Labute approximate surface area is 94.0 Å². The fourth-order valence-corrected chi connectivity index (χ4v) is 1.94. The predicted octanol–water partition coefficient (Wildman–Crippen LogP) is 3.54. The van der Waals surface area contributed by atoms with E-state index >= 15 is 0 Å². The molecule has 0 aliphatic heterocycles. The van der Waals surface area contributed by atoms with Gasteiger partial charge in [0.15, 0.2) is 0 Å². The average Bonchev–Trinajstić information content (AvgIpc) is 2.69. The second kappa shape index (κ2) is 3.49. The van der Waals surface area contributed by atoms with Crippen molar-refractivity contribution in [2.24, 2.45) is 0 Å². The number of nitrogens with one attached hydrogen (secondary N) is 1. The number of hydrogen-bond donors (Lipinski definition) is 1. The van der Waals surface area contributed by atoms with Crippen LogP contribution in [-0.4, -0.2) is 9.97 Å². The summed E-state index contributed by atoms with van der Waals surface area (Å²) in [4.78, 5) is 7.65. The fourth-order valence-electron chi connectivity index (χ4n) is 1.94. The van der Waals surface area contributed by atoms with Crippen LogP contribution in [0.2, 0.25) is 0 Å². The van der Waals surface area contributed by atoms with Crippen LogP contribution >= 0.6 is 0 Å². The van der Waals surface area contributed by atoms with Crippen molar-refractivity contribution in [3.63, 3.8) is 0 Å².